The third-order valence-electron chi connectivity index (χ3n) is 2.11. The van der Waals surface area contributed by atoms with Crippen LogP contribution in [0.1, 0.15) is 0 Å². The Morgan fingerprint density at radius 3 is 1.42 bits per heavy atom. The Labute approximate surface area is 76.5 Å². The molecule has 0 saturated carbocycles. The number of hydrogen-bond donors (Lipinski definition) is 0. The lowest BCUT2D eigenvalue weighted by Gasteiger charge is -2.34. The average molecular weight is 206 g/mol. The molecule has 0 rings (SSSR count). The van der Waals surface area contributed by atoms with Gasteiger partial charge in [0, 0.05) is 21.3 Å². The fraction of sp³-hybridized carbons (Fsp3) is 0.714. The predicted molar refractivity (Wildman–Crippen MR) is 54.5 cm³/mol. The molecular weight excluding hydrogens is 188 g/mol. The van der Waals surface area contributed by atoms with Crippen molar-refractivity contribution in [1.29, 1.82) is 0 Å². The molecule has 0 unspecified atom stereocenters. The SMILES string of the molecule is C=C[Si](C)(C)[Si](OC)(OC)OC. The smallest absolute Gasteiger partial charge is 0.380 e. The minimum Gasteiger partial charge on any atom is -0.380 e. The Morgan fingerprint density at radius 1 is 1.00 bits per heavy atom. The summed E-state index contributed by atoms with van der Waals surface area (Å²) >= 11 is 0. The highest BCUT2D eigenvalue weighted by molar-refractivity contribution is 7.36. The summed E-state index contributed by atoms with van der Waals surface area (Å²) in [4.78, 5) is 0. The molecule has 0 aliphatic heterocycles. The molecule has 0 atom stereocenters. The summed E-state index contributed by atoms with van der Waals surface area (Å²) in [5.74, 6) is 0. The first-order chi connectivity index (χ1) is 5.49. The molecule has 0 heterocycles. The number of rotatable bonds is 5. The van der Waals surface area contributed by atoms with E-state index in [0.717, 1.165) is 0 Å². The van der Waals surface area contributed by atoms with Gasteiger partial charge in [-0.3, -0.25) is 0 Å². The van der Waals surface area contributed by atoms with Gasteiger partial charge in [-0.15, -0.1) is 6.58 Å². The molecule has 0 aliphatic carbocycles. The first kappa shape index (κ1) is 12.1. The highest BCUT2D eigenvalue weighted by Crippen LogP contribution is 2.21. The van der Waals surface area contributed by atoms with Crippen LogP contribution in [0.4, 0.5) is 0 Å². The van der Waals surface area contributed by atoms with Crippen molar-refractivity contribution < 1.29 is 13.3 Å². The monoisotopic (exact) mass is 206 g/mol. The zero-order valence-corrected chi connectivity index (χ0v) is 10.5. The van der Waals surface area contributed by atoms with Crippen molar-refractivity contribution in [2.45, 2.75) is 13.1 Å². The second-order valence-electron chi connectivity index (χ2n) is 3.09. The number of hydrogen-bond acceptors (Lipinski definition) is 3. The van der Waals surface area contributed by atoms with Crippen LogP contribution in [0.3, 0.4) is 0 Å². The summed E-state index contributed by atoms with van der Waals surface area (Å²) in [5.41, 5.74) is 1.94. The van der Waals surface area contributed by atoms with Crippen molar-refractivity contribution in [2.24, 2.45) is 0 Å². The third-order valence-corrected chi connectivity index (χ3v) is 13.5. The lowest BCUT2D eigenvalue weighted by molar-refractivity contribution is 0.146. The van der Waals surface area contributed by atoms with E-state index in [1.165, 1.54) is 0 Å². The van der Waals surface area contributed by atoms with E-state index >= 15 is 0 Å². The molecule has 0 radical (unpaired) electrons. The van der Waals surface area contributed by atoms with E-state index in [2.05, 4.69) is 19.7 Å². The summed E-state index contributed by atoms with van der Waals surface area (Å²) in [5, 5.41) is 0. The highest BCUT2D eigenvalue weighted by Gasteiger charge is 2.53. The molecular formula is C7H18O3Si2. The zero-order valence-electron chi connectivity index (χ0n) is 8.51. The van der Waals surface area contributed by atoms with Crippen LogP contribution in [-0.2, 0) is 13.3 Å². The average Bonchev–Trinajstić information content (AvgIpc) is 2.08. The van der Waals surface area contributed by atoms with Crippen molar-refractivity contribution in [3.05, 3.63) is 12.3 Å². The van der Waals surface area contributed by atoms with Crippen molar-refractivity contribution in [2.75, 3.05) is 21.3 Å². The van der Waals surface area contributed by atoms with E-state index in [1.54, 1.807) is 21.3 Å². The Balaban J connectivity index is 4.81. The van der Waals surface area contributed by atoms with Crippen LogP contribution >= 0.6 is 0 Å². The van der Waals surface area contributed by atoms with Crippen LogP contribution in [0.25, 0.3) is 0 Å². The second kappa shape index (κ2) is 4.34. The topological polar surface area (TPSA) is 27.7 Å². The highest BCUT2D eigenvalue weighted by atomic mass is 29.3. The van der Waals surface area contributed by atoms with E-state index < -0.39 is 15.9 Å². The van der Waals surface area contributed by atoms with Crippen LogP contribution < -0.4 is 0 Å². The van der Waals surface area contributed by atoms with Crippen LogP contribution in [0, 0.1) is 0 Å². The minimum absolute atomic E-state index is 1.64. The molecule has 72 valence electrons. The molecule has 0 aliphatic rings. The van der Waals surface area contributed by atoms with Crippen molar-refractivity contribution in [1.82, 2.24) is 0 Å². The Bertz CT molecular complexity index is 146. The molecule has 0 N–H and O–H groups in total. The van der Waals surface area contributed by atoms with Gasteiger partial charge in [0.2, 0.25) is 0 Å². The molecule has 0 bridgehead atoms. The molecule has 0 aromatic heterocycles. The van der Waals surface area contributed by atoms with E-state index in [1.807, 2.05) is 5.70 Å². The predicted octanol–water partition coefficient (Wildman–Crippen LogP) is 1.38. The molecule has 0 fully saturated rings. The maximum absolute atomic E-state index is 5.38. The first-order valence-corrected chi connectivity index (χ1v) is 9.59. The Hall–Kier alpha value is 0.0538. The second-order valence-corrected chi connectivity index (χ2v) is 15.0. The third kappa shape index (κ3) is 1.86. The fourth-order valence-electron chi connectivity index (χ4n) is 1.16. The van der Waals surface area contributed by atoms with E-state index in [-0.39, 0.29) is 0 Å². The van der Waals surface area contributed by atoms with Crippen molar-refractivity contribution in [3.63, 3.8) is 0 Å². The maximum atomic E-state index is 5.38. The quantitative estimate of drug-likeness (QED) is 0.636. The van der Waals surface area contributed by atoms with Gasteiger partial charge in [0.1, 0.15) is 0 Å². The van der Waals surface area contributed by atoms with Crippen LogP contribution in [-0.4, -0.2) is 37.2 Å². The van der Waals surface area contributed by atoms with Crippen molar-refractivity contribution >= 4 is 15.9 Å². The first-order valence-electron chi connectivity index (χ1n) is 3.78. The van der Waals surface area contributed by atoms with Gasteiger partial charge in [-0.1, -0.05) is 18.8 Å². The summed E-state index contributed by atoms with van der Waals surface area (Å²) in [7, 11) is 0.764. The van der Waals surface area contributed by atoms with Crippen molar-refractivity contribution in [3.8, 4) is 0 Å². The molecule has 3 nitrogen and oxygen atoms in total. The van der Waals surface area contributed by atoms with E-state index in [0.29, 0.717) is 0 Å². The normalized spacial score (nSPS) is 13.1. The maximum Gasteiger partial charge on any atom is 0.473 e. The minimum atomic E-state index is -2.42. The molecule has 12 heavy (non-hydrogen) atoms. The summed E-state index contributed by atoms with van der Waals surface area (Å²) < 4.78 is 16.1. The molecule has 0 aromatic rings. The fourth-order valence-corrected chi connectivity index (χ4v) is 8.98. The van der Waals surface area contributed by atoms with Gasteiger partial charge in [0.25, 0.3) is 0 Å². The zero-order chi connectivity index (χ0) is 9.83. The van der Waals surface area contributed by atoms with Gasteiger partial charge < -0.3 is 13.3 Å². The van der Waals surface area contributed by atoms with Gasteiger partial charge in [-0.05, 0) is 0 Å². The Kier molecular flexibility index (Phi) is 4.35. The van der Waals surface area contributed by atoms with Gasteiger partial charge in [-0.25, -0.2) is 0 Å². The van der Waals surface area contributed by atoms with Gasteiger partial charge >= 0.3 is 8.32 Å². The molecule has 0 saturated heterocycles. The van der Waals surface area contributed by atoms with Gasteiger partial charge in [0.05, 0.1) is 0 Å². The summed E-state index contributed by atoms with van der Waals surface area (Å²) in [6, 6.07) is 0. The largest absolute Gasteiger partial charge is 0.473 e. The van der Waals surface area contributed by atoms with Gasteiger partial charge in [0.15, 0.2) is 7.59 Å². The van der Waals surface area contributed by atoms with E-state index in [4.69, 9.17) is 13.3 Å². The standard InChI is InChI=1S/C7H18O3Si2/c1-7-11(5,6)12(8-2,9-3)10-4/h7H,1H2,2-6H3. The Morgan fingerprint density at radius 2 is 1.33 bits per heavy atom. The molecule has 0 amide bonds. The molecule has 5 heteroatoms. The van der Waals surface area contributed by atoms with E-state index in [9.17, 15) is 0 Å². The lowest BCUT2D eigenvalue weighted by atomic mass is 11.3. The van der Waals surface area contributed by atoms with Crippen LogP contribution in [0.15, 0.2) is 12.3 Å². The summed E-state index contributed by atoms with van der Waals surface area (Å²) in [6.45, 7) is 8.05. The summed E-state index contributed by atoms with van der Waals surface area (Å²) in [6.07, 6.45) is 0. The van der Waals surface area contributed by atoms with Crippen LogP contribution in [0.5, 0.6) is 0 Å². The van der Waals surface area contributed by atoms with Crippen LogP contribution in [0.2, 0.25) is 13.1 Å². The molecule has 0 aromatic carbocycles. The van der Waals surface area contributed by atoms with Gasteiger partial charge in [-0.2, -0.15) is 0 Å². The lowest BCUT2D eigenvalue weighted by Crippen LogP contribution is -2.63. The molecule has 0 spiro atoms.